The molecule has 0 aliphatic carbocycles. The predicted octanol–water partition coefficient (Wildman–Crippen LogP) is 4.72. The summed E-state index contributed by atoms with van der Waals surface area (Å²) in [5.41, 5.74) is 6.10. The van der Waals surface area contributed by atoms with Gasteiger partial charge in [0.15, 0.2) is 0 Å². The van der Waals surface area contributed by atoms with Crippen LogP contribution in [0.5, 0.6) is 0 Å². The first-order chi connectivity index (χ1) is 14.2. The van der Waals surface area contributed by atoms with Gasteiger partial charge in [-0.25, -0.2) is 9.31 Å². The zero-order valence-electron chi connectivity index (χ0n) is 16.3. The van der Waals surface area contributed by atoms with Crippen molar-refractivity contribution in [3.05, 3.63) is 83.7 Å². The molecule has 29 heavy (non-hydrogen) atoms. The molecule has 0 radical (unpaired) electrons. The van der Waals surface area contributed by atoms with Crippen LogP contribution in [0.1, 0.15) is 29.8 Å². The molecule has 144 valence electrons. The van der Waals surface area contributed by atoms with E-state index in [0.717, 1.165) is 34.5 Å². The predicted molar refractivity (Wildman–Crippen MR) is 113 cm³/mol. The van der Waals surface area contributed by atoms with Crippen molar-refractivity contribution in [3.63, 3.8) is 0 Å². The second-order valence-corrected chi connectivity index (χ2v) is 7.29. The van der Waals surface area contributed by atoms with Crippen molar-refractivity contribution in [2.75, 3.05) is 0 Å². The lowest BCUT2D eigenvalue weighted by Crippen LogP contribution is -2.18. The van der Waals surface area contributed by atoms with E-state index in [9.17, 15) is 0 Å². The van der Waals surface area contributed by atoms with Gasteiger partial charge >= 0.3 is 0 Å². The van der Waals surface area contributed by atoms with Gasteiger partial charge in [-0.1, -0.05) is 42.5 Å². The molecule has 2 heterocycles. The van der Waals surface area contributed by atoms with E-state index < -0.39 is 0 Å². The Labute approximate surface area is 168 Å². The molecular weight excluding hydrogens is 362 g/mol. The normalized spacial score (nSPS) is 12.6. The first-order valence-corrected chi connectivity index (χ1v) is 9.68. The average Bonchev–Trinajstić information content (AvgIpc) is 3.37. The van der Waals surface area contributed by atoms with Crippen molar-refractivity contribution < 1.29 is 4.63 Å². The van der Waals surface area contributed by atoms with Crippen LogP contribution in [0.4, 0.5) is 0 Å². The number of benzene rings is 3. The molecule has 5 aromatic rings. The summed E-state index contributed by atoms with van der Waals surface area (Å²) >= 11 is 0. The lowest BCUT2D eigenvalue weighted by molar-refractivity contribution is 0.315. The maximum absolute atomic E-state index is 4.77. The molecule has 0 amide bonds. The Morgan fingerprint density at radius 3 is 2.76 bits per heavy atom. The molecule has 0 aliphatic rings. The molecule has 0 saturated heterocycles. The minimum absolute atomic E-state index is 0.157. The van der Waals surface area contributed by atoms with Crippen molar-refractivity contribution in [2.45, 2.75) is 26.4 Å². The standard InChI is InChI=1S/C23H21N5O/c1-15(24-13-17-10-11-21-22(12-17)27-29-26-21)20-14-25-28(16(20)2)23-9-5-7-18-6-3-4-8-19(18)23/h3-12,14-15,24H,13H2,1-2H3/t15-/m1/s1. The number of fused-ring (bicyclic) bond motifs is 2. The lowest BCUT2D eigenvalue weighted by atomic mass is 10.1. The van der Waals surface area contributed by atoms with Gasteiger partial charge in [0.05, 0.1) is 11.9 Å². The lowest BCUT2D eigenvalue weighted by Gasteiger charge is -2.15. The minimum atomic E-state index is 0.157. The Kier molecular flexibility index (Phi) is 4.33. The number of nitrogens with zero attached hydrogens (tertiary/aromatic N) is 4. The molecule has 2 aromatic heterocycles. The summed E-state index contributed by atoms with van der Waals surface area (Å²) < 4.78 is 6.81. The zero-order chi connectivity index (χ0) is 19.8. The fourth-order valence-corrected chi connectivity index (χ4v) is 3.80. The van der Waals surface area contributed by atoms with Crippen molar-refractivity contribution in [3.8, 4) is 5.69 Å². The van der Waals surface area contributed by atoms with Crippen molar-refractivity contribution >= 4 is 21.8 Å². The van der Waals surface area contributed by atoms with Gasteiger partial charge in [0.1, 0.15) is 11.0 Å². The van der Waals surface area contributed by atoms with E-state index in [4.69, 9.17) is 9.73 Å². The summed E-state index contributed by atoms with van der Waals surface area (Å²) in [7, 11) is 0. The fraction of sp³-hybridized carbons (Fsp3) is 0.174. The molecule has 5 rings (SSSR count). The highest BCUT2D eigenvalue weighted by Crippen LogP contribution is 2.26. The van der Waals surface area contributed by atoms with Crippen LogP contribution in [0.15, 0.2) is 71.5 Å². The summed E-state index contributed by atoms with van der Waals surface area (Å²) in [4.78, 5) is 0. The van der Waals surface area contributed by atoms with Gasteiger partial charge in [-0.05, 0) is 53.3 Å². The molecule has 0 bridgehead atoms. The van der Waals surface area contributed by atoms with Gasteiger partial charge in [-0.2, -0.15) is 5.10 Å². The van der Waals surface area contributed by atoms with Crippen LogP contribution in [-0.2, 0) is 6.54 Å². The molecule has 6 nitrogen and oxygen atoms in total. The third kappa shape index (κ3) is 3.17. The smallest absolute Gasteiger partial charge is 0.135 e. The van der Waals surface area contributed by atoms with Crippen LogP contribution in [0.3, 0.4) is 0 Å². The average molecular weight is 383 g/mol. The van der Waals surface area contributed by atoms with E-state index in [1.165, 1.54) is 16.3 Å². The van der Waals surface area contributed by atoms with Crippen LogP contribution >= 0.6 is 0 Å². The van der Waals surface area contributed by atoms with Crippen LogP contribution in [-0.4, -0.2) is 20.1 Å². The Hall–Kier alpha value is -3.51. The van der Waals surface area contributed by atoms with E-state index in [1.54, 1.807) is 0 Å². The number of nitrogens with one attached hydrogen (secondary N) is 1. The third-order valence-corrected chi connectivity index (χ3v) is 5.44. The van der Waals surface area contributed by atoms with Gasteiger partial charge in [-0.15, -0.1) is 0 Å². The maximum Gasteiger partial charge on any atom is 0.135 e. The van der Waals surface area contributed by atoms with Crippen LogP contribution in [0, 0.1) is 6.92 Å². The van der Waals surface area contributed by atoms with Crippen LogP contribution in [0.2, 0.25) is 0 Å². The topological polar surface area (TPSA) is 68.8 Å². The summed E-state index contributed by atoms with van der Waals surface area (Å²) in [5, 5.41) is 18.4. The van der Waals surface area contributed by atoms with Crippen LogP contribution < -0.4 is 5.32 Å². The highest BCUT2D eigenvalue weighted by molar-refractivity contribution is 5.90. The first kappa shape index (κ1) is 17.6. The first-order valence-electron chi connectivity index (χ1n) is 9.68. The molecule has 1 atom stereocenters. The Balaban J connectivity index is 1.39. The minimum Gasteiger partial charge on any atom is -0.306 e. The van der Waals surface area contributed by atoms with Gasteiger partial charge in [0.2, 0.25) is 0 Å². The summed E-state index contributed by atoms with van der Waals surface area (Å²) in [6.45, 7) is 5.01. The quantitative estimate of drug-likeness (QED) is 0.475. The van der Waals surface area contributed by atoms with Gasteiger partial charge in [0.25, 0.3) is 0 Å². The zero-order valence-corrected chi connectivity index (χ0v) is 16.3. The van der Waals surface area contributed by atoms with E-state index in [0.29, 0.717) is 0 Å². The van der Waals surface area contributed by atoms with Crippen molar-refractivity contribution in [1.29, 1.82) is 0 Å². The highest BCUT2D eigenvalue weighted by atomic mass is 16.6. The molecule has 1 N–H and O–H groups in total. The van der Waals surface area contributed by atoms with E-state index in [1.807, 2.05) is 29.1 Å². The number of hydrogen-bond acceptors (Lipinski definition) is 5. The number of rotatable bonds is 5. The molecule has 0 fully saturated rings. The van der Waals surface area contributed by atoms with E-state index in [-0.39, 0.29) is 6.04 Å². The monoisotopic (exact) mass is 383 g/mol. The Bertz CT molecular complexity index is 1300. The maximum atomic E-state index is 4.77. The van der Waals surface area contributed by atoms with Crippen molar-refractivity contribution in [1.82, 2.24) is 25.4 Å². The molecular formula is C23H21N5O. The molecule has 0 aliphatic heterocycles. The Morgan fingerprint density at radius 2 is 1.83 bits per heavy atom. The van der Waals surface area contributed by atoms with Gasteiger partial charge in [-0.3, -0.25) is 0 Å². The summed E-state index contributed by atoms with van der Waals surface area (Å²) in [5.74, 6) is 0. The summed E-state index contributed by atoms with van der Waals surface area (Å²) in [6.07, 6.45) is 1.96. The van der Waals surface area contributed by atoms with Crippen molar-refractivity contribution in [2.24, 2.45) is 0 Å². The molecule has 3 aromatic carbocycles. The van der Waals surface area contributed by atoms with Gasteiger partial charge < -0.3 is 5.32 Å². The Morgan fingerprint density at radius 1 is 1.00 bits per heavy atom. The summed E-state index contributed by atoms with van der Waals surface area (Å²) in [6, 6.07) is 20.8. The van der Waals surface area contributed by atoms with E-state index in [2.05, 4.69) is 71.9 Å². The second-order valence-electron chi connectivity index (χ2n) is 7.29. The molecule has 0 spiro atoms. The van der Waals surface area contributed by atoms with E-state index >= 15 is 0 Å². The van der Waals surface area contributed by atoms with Crippen LogP contribution in [0.25, 0.3) is 27.5 Å². The number of hydrogen-bond donors (Lipinski definition) is 1. The molecule has 6 heteroatoms. The largest absolute Gasteiger partial charge is 0.306 e. The SMILES string of the molecule is Cc1c([C@@H](C)NCc2ccc3nonc3c2)cnn1-c1cccc2ccccc12. The fourth-order valence-electron chi connectivity index (χ4n) is 3.80. The molecule has 0 unspecified atom stereocenters. The second kappa shape index (κ2) is 7.14. The third-order valence-electron chi connectivity index (χ3n) is 5.44. The van der Waals surface area contributed by atoms with Gasteiger partial charge in [0, 0.05) is 29.2 Å². The number of aromatic nitrogens is 4. The molecule has 0 saturated carbocycles. The highest BCUT2D eigenvalue weighted by Gasteiger charge is 2.15.